The van der Waals surface area contributed by atoms with Crippen molar-refractivity contribution >= 4 is 33.0 Å². The van der Waals surface area contributed by atoms with Crippen molar-refractivity contribution < 1.29 is 31.5 Å². The molecule has 0 unspecified atom stereocenters. The van der Waals surface area contributed by atoms with E-state index < -0.39 is 22.0 Å². The van der Waals surface area contributed by atoms with E-state index in [1.54, 1.807) is 18.2 Å². The van der Waals surface area contributed by atoms with Gasteiger partial charge in [-0.25, -0.2) is 13.2 Å². The van der Waals surface area contributed by atoms with E-state index in [1.807, 2.05) is 37.3 Å². The number of sulfone groups is 1. The van der Waals surface area contributed by atoms with Crippen molar-refractivity contribution in [2.75, 3.05) is 0 Å². The Morgan fingerprint density at radius 3 is 2.19 bits per heavy atom. The van der Waals surface area contributed by atoms with Gasteiger partial charge >= 0.3 is 12.1 Å². The molecule has 3 aromatic rings. The van der Waals surface area contributed by atoms with Crippen LogP contribution in [0, 0.1) is 12.3 Å². The number of carboxylic acids is 1. The van der Waals surface area contributed by atoms with E-state index in [4.69, 9.17) is 21.0 Å². The molecule has 0 aliphatic heterocycles. The number of nitrogens with one attached hydrogen (secondary N) is 1. The van der Waals surface area contributed by atoms with Gasteiger partial charge in [-0.2, -0.15) is 13.2 Å². The van der Waals surface area contributed by atoms with Crippen molar-refractivity contribution in [3.63, 3.8) is 0 Å². The van der Waals surface area contributed by atoms with Crippen LogP contribution in [0.3, 0.4) is 0 Å². The Balaban J connectivity index is 0.000000423. The zero-order valence-electron chi connectivity index (χ0n) is 16.0. The number of aliphatic carboxylic acids is 1. The second-order valence-corrected chi connectivity index (χ2v) is 9.07. The van der Waals surface area contributed by atoms with Crippen LogP contribution < -0.4 is 5.73 Å². The number of halogens is 3. The highest BCUT2D eigenvalue weighted by Crippen LogP contribution is 2.30. The summed E-state index contributed by atoms with van der Waals surface area (Å²) in [7, 11) is -3.64. The lowest BCUT2D eigenvalue weighted by molar-refractivity contribution is -0.192. The van der Waals surface area contributed by atoms with Gasteiger partial charge in [0, 0.05) is 5.38 Å². The number of carbonyl (C=O) groups is 1. The number of thiophene rings is 1. The fourth-order valence-corrected chi connectivity index (χ4v) is 4.91. The van der Waals surface area contributed by atoms with Gasteiger partial charge in [0.1, 0.15) is 5.84 Å². The zero-order valence-corrected chi connectivity index (χ0v) is 17.6. The second kappa shape index (κ2) is 9.31. The van der Waals surface area contributed by atoms with Crippen molar-refractivity contribution in [2.45, 2.75) is 22.9 Å². The summed E-state index contributed by atoms with van der Waals surface area (Å²) in [5.74, 6) is -2.89. The van der Waals surface area contributed by atoms with E-state index in [-0.39, 0.29) is 15.6 Å². The fourth-order valence-electron chi connectivity index (χ4n) is 2.46. The Kier molecular flexibility index (Phi) is 7.24. The number of rotatable bonds is 4. The largest absolute Gasteiger partial charge is 0.490 e. The van der Waals surface area contributed by atoms with Gasteiger partial charge in [-0.05, 0) is 41.8 Å². The minimum Gasteiger partial charge on any atom is -0.475 e. The van der Waals surface area contributed by atoms with E-state index >= 15 is 0 Å². The maximum atomic E-state index is 12.8. The third-order valence-corrected chi connectivity index (χ3v) is 6.84. The molecule has 0 saturated heterocycles. The van der Waals surface area contributed by atoms with Crippen LogP contribution >= 0.6 is 11.3 Å². The molecule has 0 amide bonds. The molecule has 0 radical (unpaired) electrons. The molecular weight excluding hydrogens is 453 g/mol. The van der Waals surface area contributed by atoms with Crippen LogP contribution in [0.5, 0.6) is 0 Å². The summed E-state index contributed by atoms with van der Waals surface area (Å²) in [5.41, 5.74) is 8.37. The predicted molar refractivity (Wildman–Crippen MR) is 111 cm³/mol. The highest BCUT2D eigenvalue weighted by Gasteiger charge is 2.38. The summed E-state index contributed by atoms with van der Waals surface area (Å²) < 4.78 is 57.4. The van der Waals surface area contributed by atoms with E-state index in [0.29, 0.717) is 4.88 Å². The number of nitrogens with two attached hydrogens (primary N) is 1. The molecule has 11 heteroatoms. The van der Waals surface area contributed by atoms with Gasteiger partial charge in [-0.1, -0.05) is 36.4 Å². The maximum Gasteiger partial charge on any atom is 0.490 e. The zero-order chi connectivity index (χ0) is 23.4. The SMILES string of the molecule is Cc1ccccc1-c1cccc(S(=O)(=O)c2csc(C(=N)N)c2)c1.O=C(O)C(F)(F)F. The van der Waals surface area contributed by atoms with Crippen molar-refractivity contribution in [3.05, 3.63) is 70.4 Å². The van der Waals surface area contributed by atoms with Gasteiger partial charge in [0.05, 0.1) is 14.7 Å². The number of aryl methyl sites for hydroxylation is 1. The normalized spacial score (nSPS) is 11.4. The topological polar surface area (TPSA) is 121 Å². The number of benzene rings is 2. The third kappa shape index (κ3) is 5.92. The predicted octanol–water partition coefficient (Wildman–Crippen LogP) is 4.47. The molecule has 1 heterocycles. The van der Waals surface area contributed by atoms with E-state index in [2.05, 4.69) is 0 Å². The van der Waals surface area contributed by atoms with Crippen LogP contribution in [0.25, 0.3) is 11.1 Å². The first kappa shape index (κ1) is 24.1. The highest BCUT2D eigenvalue weighted by atomic mass is 32.2. The molecule has 0 aliphatic carbocycles. The fraction of sp³-hybridized carbons (Fsp3) is 0.100. The van der Waals surface area contributed by atoms with Gasteiger partial charge in [0.2, 0.25) is 9.84 Å². The summed E-state index contributed by atoms with van der Waals surface area (Å²) in [6.45, 7) is 1.99. The van der Waals surface area contributed by atoms with Crippen LogP contribution in [0.4, 0.5) is 13.2 Å². The molecule has 0 spiro atoms. The standard InChI is InChI=1S/C18H16N2O2S2.C2HF3O2/c1-12-5-2-3-8-16(12)13-6-4-7-14(9-13)24(21,22)15-10-17(18(19)20)23-11-15;3-2(4,5)1(6)7/h2-11H,1H3,(H3,19,20);(H,6,7). The van der Waals surface area contributed by atoms with Crippen LogP contribution in [0.15, 0.2) is 69.8 Å². The molecule has 0 saturated carbocycles. The molecule has 6 nitrogen and oxygen atoms in total. The highest BCUT2D eigenvalue weighted by molar-refractivity contribution is 7.91. The average Bonchev–Trinajstić information content (AvgIpc) is 3.20. The summed E-state index contributed by atoms with van der Waals surface area (Å²) >= 11 is 1.15. The molecule has 0 fully saturated rings. The van der Waals surface area contributed by atoms with Crippen LogP contribution in [-0.2, 0) is 14.6 Å². The van der Waals surface area contributed by atoms with E-state index in [1.165, 1.54) is 11.4 Å². The summed E-state index contributed by atoms with van der Waals surface area (Å²) in [6.07, 6.45) is -5.08. The Hall–Kier alpha value is -3.18. The molecule has 1 aromatic heterocycles. The van der Waals surface area contributed by atoms with Gasteiger partial charge < -0.3 is 10.8 Å². The molecule has 0 aliphatic rings. The van der Waals surface area contributed by atoms with Crippen LogP contribution in [-0.4, -0.2) is 31.5 Å². The first-order valence-electron chi connectivity index (χ1n) is 8.48. The summed E-state index contributed by atoms with van der Waals surface area (Å²) in [6, 6.07) is 16.2. The lowest BCUT2D eigenvalue weighted by Gasteiger charge is -2.08. The van der Waals surface area contributed by atoms with Crippen LogP contribution in [0.2, 0.25) is 0 Å². The molecule has 2 aromatic carbocycles. The lowest BCUT2D eigenvalue weighted by Crippen LogP contribution is -2.21. The molecular formula is C20H17F3N2O4S2. The van der Waals surface area contributed by atoms with Crippen molar-refractivity contribution in [3.8, 4) is 11.1 Å². The minimum atomic E-state index is -5.08. The smallest absolute Gasteiger partial charge is 0.475 e. The average molecular weight is 470 g/mol. The molecule has 0 bridgehead atoms. The molecule has 31 heavy (non-hydrogen) atoms. The number of hydrogen-bond donors (Lipinski definition) is 3. The minimum absolute atomic E-state index is 0.130. The number of amidine groups is 1. The lowest BCUT2D eigenvalue weighted by atomic mass is 10.0. The molecule has 164 valence electrons. The maximum absolute atomic E-state index is 12.8. The monoisotopic (exact) mass is 470 g/mol. The Morgan fingerprint density at radius 1 is 1.06 bits per heavy atom. The summed E-state index contributed by atoms with van der Waals surface area (Å²) in [5, 5.41) is 16.1. The molecule has 3 rings (SSSR count). The molecule has 0 atom stereocenters. The first-order chi connectivity index (χ1) is 14.3. The Labute approximate surface area is 180 Å². The van der Waals surface area contributed by atoms with Gasteiger partial charge in [0.25, 0.3) is 0 Å². The number of carboxylic acid groups (broad SMARTS) is 1. The first-order valence-corrected chi connectivity index (χ1v) is 10.8. The Morgan fingerprint density at radius 2 is 1.68 bits per heavy atom. The number of alkyl halides is 3. The van der Waals surface area contributed by atoms with E-state index in [0.717, 1.165) is 28.0 Å². The van der Waals surface area contributed by atoms with Gasteiger partial charge in [-0.15, -0.1) is 11.3 Å². The van der Waals surface area contributed by atoms with Crippen molar-refractivity contribution in [2.24, 2.45) is 5.73 Å². The Bertz CT molecular complexity index is 1220. The quantitative estimate of drug-likeness (QED) is 0.384. The second-order valence-electron chi connectivity index (χ2n) is 6.21. The van der Waals surface area contributed by atoms with Crippen molar-refractivity contribution in [1.82, 2.24) is 0 Å². The summed E-state index contributed by atoms with van der Waals surface area (Å²) in [4.78, 5) is 9.74. The molecule has 4 N–H and O–H groups in total. The number of hydrogen-bond acceptors (Lipinski definition) is 5. The van der Waals surface area contributed by atoms with Crippen LogP contribution in [0.1, 0.15) is 10.4 Å². The third-order valence-electron chi connectivity index (χ3n) is 3.99. The van der Waals surface area contributed by atoms with Gasteiger partial charge in [-0.3, -0.25) is 5.41 Å². The van der Waals surface area contributed by atoms with Gasteiger partial charge in [0.15, 0.2) is 0 Å². The number of nitrogen functional groups attached to an aromatic ring is 1. The van der Waals surface area contributed by atoms with Crippen molar-refractivity contribution in [1.29, 1.82) is 5.41 Å². The van der Waals surface area contributed by atoms with E-state index in [9.17, 15) is 21.6 Å².